The Morgan fingerprint density at radius 3 is 2.74 bits per heavy atom. The van der Waals surface area contributed by atoms with Crippen LogP contribution in [-0.2, 0) is 9.53 Å². The molecule has 3 nitrogen and oxygen atoms in total. The molecule has 0 radical (unpaired) electrons. The summed E-state index contributed by atoms with van der Waals surface area (Å²) in [6, 6.07) is 0. The number of carbonyl (C=O) groups excluding carboxylic acids is 1. The van der Waals surface area contributed by atoms with Gasteiger partial charge in [0.2, 0.25) is 0 Å². The largest absolute Gasteiger partial charge is 0.388 e. The number of hydrogen-bond donors (Lipinski definition) is 1. The van der Waals surface area contributed by atoms with Gasteiger partial charge < -0.3 is 9.84 Å². The highest BCUT2D eigenvalue weighted by Crippen LogP contribution is 2.65. The van der Waals surface area contributed by atoms with Crippen LogP contribution in [-0.4, -0.2) is 30.2 Å². The summed E-state index contributed by atoms with van der Waals surface area (Å²) < 4.78 is 5.95. The van der Waals surface area contributed by atoms with Crippen molar-refractivity contribution < 1.29 is 14.6 Å². The first kappa shape index (κ1) is 15.8. The van der Waals surface area contributed by atoms with Crippen molar-refractivity contribution in [3.05, 3.63) is 12.2 Å². The zero-order chi connectivity index (χ0) is 16.4. The zero-order valence-corrected chi connectivity index (χ0v) is 14.6. The van der Waals surface area contributed by atoms with Crippen LogP contribution in [0.15, 0.2) is 12.2 Å². The lowest BCUT2D eigenvalue weighted by molar-refractivity contribution is -0.173. The van der Waals surface area contributed by atoms with E-state index in [0.29, 0.717) is 29.5 Å². The fraction of sp³-hybridized carbons (Fsp3) is 0.850. The lowest BCUT2D eigenvalue weighted by Gasteiger charge is -2.61. The molecule has 4 aliphatic rings. The van der Waals surface area contributed by atoms with Gasteiger partial charge in [0, 0.05) is 25.4 Å². The molecule has 0 amide bonds. The van der Waals surface area contributed by atoms with Crippen LogP contribution in [0.3, 0.4) is 0 Å². The van der Waals surface area contributed by atoms with Crippen LogP contribution in [0.25, 0.3) is 0 Å². The van der Waals surface area contributed by atoms with Crippen molar-refractivity contribution in [3.8, 4) is 0 Å². The number of methoxy groups -OCH3 is 1. The lowest BCUT2D eigenvalue weighted by atomic mass is 9.44. The number of rotatable bonds is 1. The van der Waals surface area contributed by atoms with Gasteiger partial charge in [0.15, 0.2) is 0 Å². The second kappa shape index (κ2) is 5.16. The van der Waals surface area contributed by atoms with E-state index in [1.54, 1.807) is 0 Å². The Morgan fingerprint density at radius 2 is 2.00 bits per heavy atom. The molecular formula is C20H30O3. The maximum atomic E-state index is 12.0. The van der Waals surface area contributed by atoms with Crippen molar-refractivity contribution >= 4 is 5.78 Å². The quantitative estimate of drug-likeness (QED) is 0.754. The molecule has 3 unspecified atom stereocenters. The van der Waals surface area contributed by atoms with Crippen LogP contribution >= 0.6 is 0 Å². The van der Waals surface area contributed by atoms with Gasteiger partial charge in [-0.15, -0.1) is 0 Å². The van der Waals surface area contributed by atoms with Crippen LogP contribution < -0.4 is 0 Å². The Labute approximate surface area is 139 Å². The number of carbonyl (C=O) groups is 1. The van der Waals surface area contributed by atoms with E-state index >= 15 is 0 Å². The molecule has 23 heavy (non-hydrogen) atoms. The minimum atomic E-state index is -0.315. The van der Waals surface area contributed by atoms with Gasteiger partial charge in [-0.3, -0.25) is 4.79 Å². The molecule has 0 heterocycles. The monoisotopic (exact) mass is 318 g/mol. The number of allylic oxidation sites excluding steroid dienone is 1. The maximum Gasteiger partial charge on any atom is 0.133 e. The summed E-state index contributed by atoms with van der Waals surface area (Å²) in [5, 5.41) is 10.5. The highest BCUT2D eigenvalue weighted by molar-refractivity contribution is 5.79. The van der Waals surface area contributed by atoms with Crippen molar-refractivity contribution in [3.63, 3.8) is 0 Å². The van der Waals surface area contributed by atoms with Crippen LogP contribution in [0.4, 0.5) is 0 Å². The normalized spacial score (nSPS) is 55.2. The van der Waals surface area contributed by atoms with Gasteiger partial charge in [-0.2, -0.15) is 0 Å². The fourth-order valence-corrected chi connectivity index (χ4v) is 6.67. The van der Waals surface area contributed by atoms with Gasteiger partial charge >= 0.3 is 0 Å². The number of fused-ring (bicyclic) bond motifs is 5. The number of ether oxygens (including phenoxy) is 1. The second-order valence-corrected chi connectivity index (χ2v) is 9.04. The molecule has 3 fully saturated rings. The first-order valence-electron chi connectivity index (χ1n) is 9.31. The summed E-state index contributed by atoms with van der Waals surface area (Å²) in [6.07, 6.45) is 10.0. The molecule has 4 aliphatic carbocycles. The van der Waals surface area contributed by atoms with E-state index in [1.807, 2.05) is 13.2 Å². The predicted molar refractivity (Wildman–Crippen MR) is 88.8 cm³/mol. The highest BCUT2D eigenvalue weighted by Gasteiger charge is 2.61. The molecule has 0 aromatic heterocycles. The van der Waals surface area contributed by atoms with E-state index in [9.17, 15) is 9.90 Å². The SMILES string of the molecule is COC1CC2CC(=O)CC[C@]2(C)[C@@H]2CC[C@]3(C)C(O)C=C[C@H]3[C@H]12. The Hall–Kier alpha value is -0.670. The summed E-state index contributed by atoms with van der Waals surface area (Å²) in [4.78, 5) is 12.0. The van der Waals surface area contributed by atoms with Crippen molar-refractivity contribution in [1.29, 1.82) is 0 Å². The van der Waals surface area contributed by atoms with Crippen molar-refractivity contribution in [1.82, 2.24) is 0 Å². The van der Waals surface area contributed by atoms with Gasteiger partial charge in [0.1, 0.15) is 5.78 Å². The summed E-state index contributed by atoms with van der Waals surface area (Å²) in [7, 11) is 1.83. The number of Topliss-reactive ketones (excluding diaryl/α,β-unsaturated/α-hetero) is 1. The molecule has 4 rings (SSSR count). The summed E-state index contributed by atoms with van der Waals surface area (Å²) in [5.74, 6) is 2.44. The van der Waals surface area contributed by atoms with Gasteiger partial charge in [0.05, 0.1) is 12.2 Å². The molecule has 0 aliphatic heterocycles. The van der Waals surface area contributed by atoms with Crippen LogP contribution in [0.1, 0.15) is 52.4 Å². The average molecular weight is 318 g/mol. The third-order valence-corrected chi connectivity index (χ3v) is 8.26. The van der Waals surface area contributed by atoms with E-state index in [-0.39, 0.29) is 23.0 Å². The first-order valence-corrected chi connectivity index (χ1v) is 9.31. The van der Waals surface area contributed by atoms with E-state index in [1.165, 1.54) is 0 Å². The summed E-state index contributed by atoms with van der Waals surface area (Å²) >= 11 is 0. The smallest absolute Gasteiger partial charge is 0.133 e. The Kier molecular flexibility index (Phi) is 3.55. The minimum absolute atomic E-state index is 0.0222. The molecule has 1 N–H and O–H groups in total. The van der Waals surface area contributed by atoms with Crippen LogP contribution in [0.2, 0.25) is 0 Å². The minimum Gasteiger partial charge on any atom is -0.388 e. The summed E-state index contributed by atoms with van der Waals surface area (Å²) in [6.45, 7) is 4.69. The van der Waals surface area contributed by atoms with Gasteiger partial charge in [-0.05, 0) is 54.8 Å². The molecule has 0 bridgehead atoms. The third kappa shape index (κ3) is 2.05. The highest BCUT2D eigenvalue weighted by atomic mass is 16.5. The second-order valence-electron chi connectivity index (χ2n) is 9.04. The third-order valence-electron chi connectivity index (χ3n) is 8.26. The van der Waals surface area contributed by atoms with Gasteiger partial charge in [-0.25, -0.2) is 0 Å². The van der Waals surface area contributed by atoms with E-state index in [0.717, 1.165) is 38.5 Å². The molecule has 128 valence electrons. The molecule has 8 atom stereocenters. The average Bonchev–Trinajstić information content (AvgIpc) is 2.83. The summed E-state index contributed by atoms with van der Waals surface area (Å²) in [5.41, 5.74) is 0.252. The van der Waals surface area contributed by atoms with Crippen LogP contribution in [0.5, 0.6) is 0 Å². The van der Waals surface area contributed by atoms with E-state index in [2.05, 4.69) is 19.9 Å². The topological polar surface area (TPSA) is 46.5 Å². The molecular weight excluding hydrogens is 288 g/mol. The predicted octanol–water partition coefficient (Wildman–Crippen LogP) is 3.36. The van der Waals surface area contributed by atoms with Crippen molar-refractivity contribution in [2.45, 2.75) is 64.6 Å². The Bertz CT molecular complexity index is 541. The standard InChI is InChI=1S/C20H30O3/c1-19-8-6-13(21)10-12(19)11-16(23-3)18-14-4-5-17(22)20(14,2)9-7-15(18)19/h4-5,12,14-18,22H,6-11H2,1-3H3/t12?,14-,15+,16?,17?,18-,19-,20-/m0/s1. The lowest BCUT2D eigenvalue weighted by Crippen LogP contribution is -2.59. The van der Waals surface area contributed by atoms with Crippen LogP contribution in [0, 0.1) is 34.5 Å². The maximum absolute atomic E-state index is 12.0. The van der Waals surface area contributed by atoms with E-state index < -0.39 is 0 Å². The van der Waals surface area contributed by atoms with E-state index in [4.69, 9.17) is 4.74 Å². The molecule has 3 heteroatoms. The number of aliphatic hydroxyl groups excluding tert-OH is 1. The molecule has 0 saturated heterocycles. The Morgan fingerprint density at radius 1 is 1.22 bits per heavy atom. The number of hydrogen-bond acceptors (Lipinski definition) is 3. The van der Waals surface area contributed by atoms with Crippen molar-refractivity contribution in [2.75, 3.05) is 7.11 Å². The fourth-order valence-electron chi connectivity index (χ4n) is 6.67. The molecule has 0 aromatic carbocycles. The Balaban J connectivity index is 1.72. The molecule has 3 saturated carbocycles. The first-order chi connectivity index (χ1) is 10.9. The van der Waals surface area contributed by atoms with Crippen molar-refractivity contribution in [2.24, 2.45) is 34.5 Å². The number of aliphatic hydroxyl groups is 1. The van der Waals surface area contributed by atoms with Gasteiger partial charge in [-0.1, -0.05) is 26.0 Å². The van der Waals surface area contributed by atoms with Gasteiger partial charge in [0.25, 0.3) is 0 Å². The zero-order valence-electron chi connectivity index (χ0n) is 14.6. The molecule has 0 aromatic rings. The number of ketones is 1. The molecule has 0 spiro atoms.